The Hall–Kier alpha value is -2.12. The number of cyclic esters (lactones) is 2. The Morgan fingerprint density at radius 1 is 0.792 bits per heavy atom. The maximum atomic E-state index is 12.2. The number of esters is 4. The second kappa shape index (κ2) is 7.19. The monoisotopic (exact) mass is 340 g/mol. The molecule has 0 aromatic heterocycles. The maximum Gasteiger partial charge on any atom is 0.347 e. The van der Waals surface area contributed by atoms with E-state index >= 15 is 0 Å². The summed E-state index contributed by atoms with van der Waals surface area (Å²) in [5, 5.41) is 0. The summed E-state index contributed by atoms with van der Waals surface area (Å²) in [5.41, 5.74) is 0. The third kappa shape index (κ3) is 3.68. The van der Waals surface area contributed by atoms with Crippen molar-refractivity contribution < 1.29 is 38.1 Å². The molecular weight excluding hydrogens is 320 g/mol. The minimum absolute atomic E-state index is 0.258. The van der Waals surface area contributed by atoms with Crippen molar-refractivity contribution in [3.63, 3.8) is 0 Å². The van der Waals surface area contributed by atoms with Crippen molar-refractivity contribution in [1.29, 1.82) is 0 Å². The lowest BCUT2D eigenvalue weighted by Crippen LogP contribution is -2.34. The molecule has 0 unspecified atom stereocenters. The minimum atomic E-state index is -0.835. The molecule has 3 aliphatic rings. The van der Waals surface area contributed by atoms with E-state index < -0.39 is 47.9 Å². The third-order valence-electron chi connectivity index (χ3n) is 4.63. The van der Waals surface area contributed by atoms with Crippen molar-refractivity contribution in [2.75, 3.05) is 13.2 Å². The first-order chi connectivity index (χ1) is 11.5. The number of hydrogen-bond acceptors (Lipinski definition) is 8. The van der Waals surface area contributed by atoms with Gasteiger partial charge in [0.15, 0.2) is 0 Å². The molecule has 2 aliphatic heterocycles. The third-order valence-corrected chi connectivity index (χ3v) is 4.63. The molecule has 1 saturated carbocycles. The molecule has 0 aromatic rings. The van der Waals surface area contributed by atoms with Crippen LogP contribution in [0.25, 0.3) is 0 Å². The van der Waals surface area contributed by atoms with Gasteiger partial charge in [-0.15, -0.1) is 0 Å². The molecule has 0 spiro atoms. The highest BCUT2D eigenvalue weighted by molar-refractivity contribution is 5.83. The summed E-state index contributed by atoms with van der Waals surface area (Å²) in [6.07, 6.45) is 1.27. The van der Waals surface area contributed by atoms with Crippen LogP contribution in [-0.2, 0) is 38.1 Å². The fraction of sp³-hybridized carbons (Fsp3) is 0.750. The van der Waals surface area contributed by atoms with Crippen LogP contribution in [0, 0.1) is 11.8 Å². The van der Waals surface area contributed by atoms with Crippen LogP contribution < -0.4 is 0 Å². The normalized spacial score (nSPS) is 32.8. The van der Waals surface area contributed by atoms with E-state index in [0.29, 0.717) is 38.5 Å². The smallest absolute Gasteiger partial charge is 0.347 e. The molecule has 0 bridgehead atoms. The Bertz CT molecular complexity index is 496. The van der Waals surface area contributed by atoms with Crippen LogP contribution in [0.5, 0.6) is 0 Å². The number of hydrogen-bond donors (Lipinski definition) is 0. The van der Waals surface area contributed by atoms with E-state index in [9.17, 15) is 19.2 Å². The molecule has 0 aromatic carbocycles. The standard InChI is InChI=1S/C16H20O8/c17-13(23-11-4-6-21-15(11)19)9-2-1-3-10(8-9)14(18)24-12-5-7-22-16(12)20/h9-12H,1-8H2/t9-,10-,11-,12+/m1/s1. The van der Waals surface area contributed by atoms with Gasteiger partial charge in [-0.25, -0.2) is 9.59 Å². The second-order valence-corrected chi connectivity index (χ2v) is 6.32. The van der Waals surface area contributed by atoms with E-state index in [4.69, 9.17) is 18.9 Å². The lowest BCUT2D eigenvalue weighted by molar-refractivity contribution is -0.168. The molecule has 8 heteroatoms. The minimum Gasteiger partial charge on any atom is -0.463 e. The summed E-state index contributed by atoms with van der Waals surface area (Å²) >= 11 is 0. The fourth-order valence-corrected chi connectivity index (χ4v) is 3.26. The average Bonchev–Trinajstić information content (AvgIpc) is 3.16. The molecule has 0 amide bonds. The molecule has 0 N–H and O–H groups in total. The predicted octanol–water partition coefficient (Wildman–Crippen LogP) is 0.510. The highest BCUT2D eigenvalue weighted by atomic mass is 16.6. The number of rotatable bonds is 4. The van der Waals surface area contributed by atoms with Gasteiger partial charge in [0.25, 0.3) is 0 Å². The van der Waals surface area contributed by atoms with E-state index in [1.54, 1.807) is 0 Å². The molecule has 4 atom stereocenters. The maximum absolute atomic E-state index is 12.2. The second-order valence-electron chi connectivity index (χ2n) is 6.32. The SMILES string of the molecule is O=C(O[C@H]1CCOC1=O)[C@@H]1CCC[C@@H](C(=O)O[C@@H]2CCOC2=O)C1. The van der Waals surface area contributed by atoms with Gasteiger partial charge < -0.3 is 18.9 Å². The first-order valence-corrected chi connectivity index (χ1v) is 8.29. The van der Waals surface area contributed by atoms with Crippen molar-refractivity contribution in [3.8, 4) is 0 Å². The lowest BCUT2D eigenvalue weighted by atomic mass is 9.81. The number of ether oxygens (including phenoxy) is 4. The molecular formula is C16H20O8. The molecule has 132 valence electrons. The summed E-state index contributed by atoms with van der Waals surface area (Å²) in [4.78, 5) is 47.2. The van der Waals surface area contributed by atoms with Crippen LogP contribution >= 0.6 is 0 Å². The van der Waals surface area contributed by atoms with Crippen molar-refractivity contribution >= 4 is 23.9 Å². The Labute approximate surface area is 138 Å². The molecule has 2 saturated heterocycles. The summed E-state index contributed by atoms with van der Waals surface area (Å²) in [7, 11) is 0. The van der Waals surface area contributed by atoms with Gasteiger partial charge >= 0.3 is 23.9 Å². The van der Waals surface area contributed by atoms with E-state index in [1.807, 2.05) is 0 Å². The Morgan fingerprint density at radius 3 is 1.62 bits per heavy atom. The largest absolute Gasteiger partial charge is 0.463 e. The van der Waals surface area contributed by atoms with Crippen LogP contribution in [0.2, 0.25) is 0 Å². The van der Waals surface area contributed by atoms with Crippen molar-refractivity contribution in [1.82, 2.24) is 0 Å². The summed E-state index contributed by atoms with van der Waals surface area (Å²) in [5.74, 6) is -2.88. The zero-order chi connectivity index (χ0) is 17.1. The first kappa shape index (κ1) is 16.7. The van der Waals surface area contributed by atoms with Gasteiger partial charge in [-0.05, 0) is 19.3 Å². The molecule has 3 rings (SSSR count). The van der Waals surface area contributed by atoms with Crippen LogP contribution in [0.4, 0.5) is 0 Å². The molecule has 8 nitrogen and oxygen atoms in total. The van der Waals surface area contributed by atoms with Crippen LogP contribution in [0.1, 0.15) is 38.5 Å². The van der Waals surface area contributed by atoms with Gasteiger partial charge in [-0.2, -0.15) is 0 Å². The van der Waals surface area contributed by atoms with E-state index in [2.05, 4.69) is 0 Å². The van der Waals surface area contributed by atoms with Gasteiger partial charge in [0, 0.05) is 12.8 Å². The van der Waals surface area contributed by atoms with E-state index in [-0.39, 0.29) is 13.2 Å². The number of carbonyl (C=O) groups is 4. The van der Waals surface area contributed by atoms with Crippen molar-refractivity contribution in [2.24, 2.45) is 11.8 Å². The van der Waals surface area contributed by atoms with Gasteiger partial charge in [0.2, 0.25) is 12.2 Å². The molecule has 3 fully saturated rings. The first-order valence-electron chi connectivity index (χ1n) is 8.29. The van der Waals surface area contributed by atoms with Gasteiger partial charge in [0.05, 0.1) is 25.0 Å². The Balaban J connectivity index is 1.51. The Morgan fingerprint density at radius 2 is 1.25 bits per heavy atom. The highest BCUT2D eigenvalue weighted by Gasteiger charge is 2.38. The van der Waals surface area contributed by atoms with E-state index in [1.165, 1.54) is 0 Å². The quantitative estimate of drug-likeness (QED) is 0.538. The zero-order valence-electron chi connectivity index (χ0n) is 13.2. The van der Waals surface area contributed by atoms with Crippen LogP contribution in [0.3, 0.4) is 0 Å². The molecule has 24 heavy (non-hydrogen) atoms. The molecule has 2 heterocycles. The van der Waals surface area contributed by atoms with Gasteiger partial charge in [-0.3, -0.25) is 9.59 Å². The summed E-state index contributed by atoms with van der Waals surface area (Å²) in [6.45, 7) is 0.516. The van der Waals surface area contributed by atoms with Crippen LogP contribution in [0.15, 0.2) is 0 Å². The summed E-state index contributed by atoms with van der Waals surface area (Å²) < 4.78 is 19.9. The summed E-state index contributed by atoms with van der Waals surface area (Å²) in [6, 6.07) is 0. The van der Waals surface area contributed by atoms with Crippen molar-refractivity contribution in [3.05, 3.63) is 0 Å². The highest BCUT2D eigenvalue weighted by Crippen LogP contribution is 2.32. The van der Waals surface area contributed by atoms with Gasteiger partial charge in [-0.1, -0.05) is 6.42 Å². The molecule has 0 radical (unpaired) electrons. The molecule has 1 aliphatic carbocycles. The van der Waals surface area contributed by atoms with Gasteiger partial charge in [0.1, 0.15) is 0 Å². The lowest BCUT2D eigenvalue weighted by Gasteiger charge is -2.27. The predicted molar refractivity (Wildman–Crippen MR) is 76.4 cm³/mol. The Kier molecular flexibility index (Phi) is 5.01. The van der Waals surface area contributed by atoms with Crippen molar-refractivity contribution in [2.45, 2.75) is 50.7 Å². The van der Waals surface area contributed by atoms with E-state index in [0.717, 1.165) is 0 Å². The van der Waals surface area contributed by atoms with Crippen LogP contribution in [-0.4, -0.2) is 49.3 Å². The number of carbonyl (C=O) groups excluding carboxylic acids is 4. The zero-order valence-corrected chi connectivity index (χ0v) is 13.2. The topological polar surface area (TPSA) is 105 Å². The average molecular weight is 340 g/mol. The fourth-order valence-electron chi connectivity index (χ4n) is 3.26.